The third kappa shape index (κ3) is 6.56. The largest absolute Gasteiger partial charge is 2.00 e. The van der Waals surface area contributed by atoms with E-state index in [0.717, 1.165) is 18.8 Å². The molecule has 1 fully saturated rings. The molecule has 1 aliphatic rings. The minimum atomic E-state index is 0. The van der Waals surface area contributed by atoms with Crippen molar-refractivity contribution in [3.8, 4) is 0 Å². The third-order valence-electron chi connectivity index (χ3n) is 2.75. The molecule has 0 bridgehead atoms. The summed E-state index contributed by atoms with van der Waals surface area (Å²) in [5.41, 5.74) is 1.73. The summed E-state index contributed by atoms with van der Waals surface area (Å²) in [5, 5.41) is 8.61. The van der Waals surface area contributed by atoms with Gasteiger partial charge in [-0.2, -0.15) is 0 Å². The van der Waals surface area contributed by atoms with Gasteiger partial charge in [0, 0.05) is 30.9 Å². The van der Waals surface area contributed by atoms with Crippen LogP contribution in [0.5, 0.6) is 0 Å². The van der Waals surface area contributed by atoms with Gasteiger partial charge in [-0.15, -0.1) is 0 Å². The summed E-state index contributed by atoms with van der Waals surface area (Å²) in [7, 11) is 0. The van der Waals surface area contributed by atoms with E-state index < -0.39 is 0 Å². The van der Waals surface area contributed by atoms with E-state index in [2.05, 4.69) is 23.7 Å². The number of hydrogen-bond acceptors (Lipinski definition) is 3. The van der Waals surface area contributed by atoms with Crippen molar-refractivity contribution in [1.29, 1.82) is 5.39 Å². The molecule has 0 N–H and O–H groups in total. The van der Waals surface area contributed by atoms with Crippen LogP contribution in [0.3, 0.4) is 0 Å². The maximum atomic E-state index is 8.61. The zero-order valence-corrected chi connectivity index (χ0v) is 16.7. The number of ether oxygens (including phenoxy) is 1. The number of diazo groups is 1. The molecular formula is C12H16Cl3N3OZn. The average Bonchev–Trinajstić information content (AvgIpc) is 2.28. The van der Waals surface area contributed by atoms with Crippen LogP contribution in [0, 0.1) is 5.39 Å². The zero-order chi connectivity index (χ0) is 11.5. The fourth-order valence-corrected chi connectivity index (χ4v) is 2.12. The summed E-state index contributed by atoms with van der Waals surface area (Å²) in [5.74, 6) is 0. The van der Waals surface area contributed by atoms with Crippen molar-refractivity contribution in [1.82, 2.24) is 0 Å². The SMILES string of the molecule is CC1CN(c2ccc([N+]#N)cc2)CC(C)O1.[Cl-].[Cl-].[Cl-].[Zn+2]. The summed E-state index contributed by atoms with van der Waals surface area (Å²) in [6, 6.07) is 7.56. The Morgan fingerprint density at radius 3 is 1.90 bits per heavy atom. The summed E-state index contributed by atoms with van der Waals surface area (Å²) in [4.78, 5) is 5.44. The summed E-state index contributed by atoms with van der Waals surface area (Å²) < 4.78 is 5.68. The predicted molar refractivity (Wildman–Crippen MR) is 63.4 cm³/mol. The molecule has 0 aromatic heterocycles. The Labute approximate surface area is 151 Å². The fraction of sp³-hybridized carbons (Fsp3) is 0.500. The monoisotopic (exact) mass is 387 g/mol. The van der Waals surface area contributed by atoms with Crippen LogP contribution in [0.4, 0.5) is 11.4 Å². The molecule has 1 aromatic carbocycles. The van der Waals surface area contributed by atoms with Gasteiger partial charge in [0.2, 0.25) is 5.39 Å². The number of rotatable bonds is 1. The second kappa shape index (κ2) is 11.5. The molecule has 2 atom stereocenters. The molecule has 1 aromatic rings. The number of hydrogen-bond donors (Lipinski definition) is 0. The fourth-order valence-electron chi connectivity index (χ4n) is 2.12. The van der Waals surface area contributed by atoms with E-state index in [4.69, 9.17) is 10.1 Å². The van der Waals surface area contributed by atoms with Crippen molar-refractivity contribution in [2.75, 3.05) is 18.0 Å². The van der Waals surface area contributed by atoms with Crippen LogP contribution < -0.4 is 42.1 Å². The van der Waals surface area contributed by atoms with Gasteiger partial charge in [0.1, 0.15) is 0 Å². The van der Waals surface area contributed by atoms with E-state index in [9.17, 15) is 0 Å². The van der Waals surface area contributed by atoms with Crippen LogP contribution in [0.15, 0.2) is 24.3 Å². The number of halogens is 3. The minimum Gasteiger partial charge on any atom is -1.00 e. The smallest absolute Gasteiger partial charge is 1.00 e. The van der Waals surface area contributed by atoms with Gasteiger partial charge in [-0.05, 0) is 26.0 Å². The van der Waals surface area contributed by atoms with Gasteiger partial charge >= 0.3 is 25.2 Å². The molecule has 8 heteroatoms. The second-order valence-electron chi connectivity index (χ2n) is 4.28. The van der Waals surface area contributed by atoms with Gasteiger partial charge in [0.05, 0.1) is 12.2 Å². The van der Waals surface area contributed by atoms with E-state index in [1.165, 1.54) is 0 Å². The van der Waals surface area contributed by atoms with Gasteiger partial charge in [0.15, 0.2) is 4.98 Å². The predicted octanol–water partition coefficient (Wildman–Crippen LogP) is -6.21. The van der Waals surface area contributed by atoms with Crippen molar-refractivity contribution in [3.05, 3.63) is 29.2 Å². The number of anilines is 1. The van der Waals surface area contributed by atoms with E-state index in [-0.39, 0.29) is 68.9 Å². The van der Waals surface area contributed by atoms with Gasteiger partial charge < -0.3 is 46.9 Å². The quantitative estimate of drug-likeness (QED) is 0.354. The molecule has 108 valence electrons. The Kier molecular flexibility index (Phi) is 14.4. The van der Waals surface area contributed by atoms with E-state index >= 15 is 0 Å². The first-order chi connectivity index (χ1) is 7.69. The summed E-state index contributed by atoms with van der Waals surface area (Å²) in [6.07, 6.45) is 0.511. The maximum Gasteiger partial charge on any atom is 2.00 e. The summed E-state index contributed by atoms with van der Waals surface area (Å²) >= 11 is 0. The van der Waals surface area contributed by atoms with E-state index in [1.54, 1.807) is 12.1 Å². The molecule has 0 spiro atoms. The number of benzene rings is 1. The Bertz CT molecular complexity index is 403. The topological polar surface area (TPSA) is 40.6 Å². The van der Waals surface area contributed by atoms with Crippen LogP contribution in [0.1, 0.15) is 13.8 Å². The maximum absolute atomic E-state index is 8.61. The van der Waals surface area contributed by atoms with Gasteiger partial charge in [-0.3, -0.25) is 0 Å². The van der Waals surface area contributed by atoms with Crippen molar-refractivity contribution in [3.63, 3.8) is 0 Å². The molecule has 1 heterocycles. The van der Waals surface area contributed by atoms with E-state index in [1.807, 2.05) is 12.1 Å². The Morgan fingerprint density at radius 2 is 1.50 bits per heavy atom. The Hall–Kier alpha value is -0.107. The third-order valence-corrected chi connectivity index (χ3v) is 2.75. The molecule has 1 saturated heterocycles. The Balaban J connectivity index is -0.000000722. The van der Waals surface area contributed by atoms with Crippen LogP contribution >= 0.6 is 0 Å². The molecule has 0 amide bonds. The average molecular weight is 390 g/mol. The van der Waals surface area contributed by atoms with Crippen molar-refractivity contribution >= 4 is 11.4 Å². The number of nitrogens with zero attached hydrogens (tertiary/aromatic N) is 3. The molecular weight excluding hydrogens is 374 g/mol. The molecule has 0 saturated carbocycles. The minimum absolute atomic E-state index is 0. The van der Waals surface area contributed by atoms with Gasteiger partial charge in [-0.25, -0.2) is 0 Å². The van der Waals surface area contributed by atoms with Crippen LogP contribution in [-0.4, -0.2) is 25.3 Å². The van der Waals surface area contributed by atoms with Crippen molar-refractivity contribution in [2.45, 2.75) is 26.1 Å². The molecule has 20 heavy (non-hydrogen) atoms. The van der Waals surface area contributed by atoms with Crippen molar-refractivity contribution in [2.24, 2.45) is 0 Å². The molecule has 0 aliphatic carbocycles. The van der Waals surface area contributed by atoms with E-state index in [0.29, 0.717) is 5.69 Å². The first kappa shape index (κ1) is 24.9. The van der Waals surface area contributed by atoms with Crippen LogP contribution in [0.25, 0.3) is 4.98 Å². The first-order valence-electron chi connectivity index (χ1n) is 5.54. The number of morpholine rings is 1. The van der Waals surface area contributed by atoms with Crippen molar-refractivity contribution < 1.29 is 61.4 Å². The molecule has 2 rings (SSSR count). The molecule has 0 radical (unpaired) electrons. The zero-order valence-electron chi connectivity index (χ0n) is 11.5. The van der Waals surface area contributed by atoms with Gasteiger partial charge in [-0.1, -0.05) is 0 Å². The van der Waals surface area contributed by atoms with Crippen LogP contribution in [0.2, 0.25) is 0 Å². The Morgan fingerprint density at radius 1 is 1.05 bits per heavy atom. The van der Waals surface area contributed by atoms with Gasteiger partial charge in [0.25, 0.3) is 0 Å². The first-order valence-corrected chi connectivity index (χ1v) is 5.54. The normalized spacial score (nSPS) is 20.1. The second-order valence-corrected chi connectivity index (χ2v) is 4.28. The van der Waals surface area contributed by atoms with Crippen LogP contribution in [-0.2, 0) is 24.2 Å². The molecule has 1 aliphatic heterocycles. The standard InChI is InChI=1S/C12H16N3O.3ClH.Zn/c1-9-7-15(8-10(2)16-9)12-5-3-11(14-13)4-6-12;;;;/h3-6,9-10H,7-8H2,1-2H3;3*1H;/q+1;;;;+2/p-3. The summed E-state index contributed by atoms with van der Waals surface area (Å²) in [6.45, 7) is 5.97. The molecule has 2 unspecified atom stereocenters. The molecule has 4 nitrogen and oxygen atoms in total.